The number of rotatable bonds is 10. The average Bonchev–Trinajstić information content (AvgIpc) is 2.77. The first kappa shape index (κ1) is 23.5. The minimum Gasteiger partial charge on any atom is -0.490 e. The van der Waals surface area contributed by atoms with Crippen molar-refractivity contribution in [2.24, 2.45) is 11.8 Å². The summed E-state index contributed by atoms with van der Waals surface area (Å²) in [4.78, 5) is 0. The van der Waals surface area contributed by atoms with Gasteiger partial charge in [0.1, 0.15) is 0 Å². The monoisotopic (exact) mass is 424 g/mol. The zero-order valence-corrected chi connectivity index (χ0v) is 18.6. The van der Waals surface area contributed by atoms with Crippen LogP contribution in [0.3, 0.4) is 0 Å². The van der Waals surface area contributed by atoms with Crippen molar-refractivity contribution in [1.82, 2.24) is 0 Å². The first-order valence-corrected chi connectivity index (χ1v) is 11.9. The van der Waals surface area contributed by atoms with Crippen LogP contribution in [0.25, 0.3) is 0 Å². The second kappa shape index (κ2) is 12.0. The van der Waals surface area contributed by atoms with Crippen LogP contribution < -0.4 is 4.74 Å². The summed E-state index contributed by atoms with van der Waals surface area (Å²) in [6, 6.07) is 3.09. The van der Waals surface area contributed by atoms with Gasteiger partial charge >= 0.3 is 0 Å². The third-order valence-corrected chi connectivity index (χ3v) is 6.76. The molecule has 1 saturated carbocycles. The van der Waals surface area contributed by atoms with Gasteiger partial charge in [0.05, 0.1) is 32.0 Å². The zero-order chi connectivity index (χ0) is 21.3. The first-order valence-electron chi connectivity index (χ1n) is 11.9. The van der Waals surface area contributed by atoms with Crippen LogP contribution in [-0.4, -0.2) is 25.4 Å². The molecule has 2 atom stereocenters. The molecule has 1 heterocycles. The van der Waals surface area contributed by atoms with E-state index in [0.717, 1.165) is 45.1 Å². The zero-order valence-electron chi connectivity index (χ0n) is 18.6. The number of hydrogen-bond acceptors (Lipinski definition) is 3. The van der Waals surface area contributed by atoms with E-state index in [1.807, 2.05) is 6.92 Å². The molecule has 1 aromatic carbocycles. The standard InChI is InChI=1S/C25H38F2O3/c1-3-5-15-28-23-14-10-20(24(26)25(23)27)17-30-22-11-7-18(8-12-22)19-9-13-21(6-4-2)29-16-19/h10,14,18-19,21-22H,3-9,11-13,15-17H2,1-2H3. The van der Waals surface area contributed by atoms with Gasteiger partial charge in [-0.25, -0.2) is 4.39 Å². The molecule has 1 saturated heterocycles. The maximum atomic E-state index is 14.4. The fourth-order valence-electron chi connectivity index (χ4n) is 4.80. The van der Waals surface area contributed by atoms with Crippen LogP contribution >= 0.6 is 0 Å². The van der Waals surface area contributed by atoms with Crippen molar-refractivity contribution in [1.29, 1.82) is 0 Å². The van der Waals surface area contributed by atoms with E-state index in [-0.39, 0.29) is 24.0 Å². The number of benzene rings is 1. The summed E-state index contributed by atoms with van der Waals surface area (Å²) in [5.41, 5.74) is 0.264. The van der Waals surface area contributed by atoms with Gasteiger partial charge in [-0.15, -0.1) is 0 Å². The molecule has 0 bridgehead atoms. The number of halogens is 2. The summed E-state index contributed by atoms with van der Waals surface area (Å²) in [6.07, 6.45) is 11.4. The molecule has 0 amide bonds. The number of hydrogen-bond donors (Lipinski definition) is 0. The van der Waals surface area contributed by atoms with E-state index in [4.69, 9.17) is 14.2 Å². The molecule has 0 N–H and O–H groups in total. The van der Waals surface area contributed by atoms with Gasteiger partial charge in [-0.3, -0.25) is 0 Å². The lowest BCUT2D eigenvalue weighted by Crippen LogP contribution is -2.33. The van der Waals surface area contributed by atoms with E-state index in [1.54, 1.807) is 6.07 Å². The lowest BCUT2D eigenvalue weighted by Gasteiger charge is -2.37. The molecule has 0 aromatic heterocycles. The number of ether oxygens (including phenoxy) is 3. The molecular weight excluding hydrogens is 386 g/mol. The van der Waals surface area contributed by atoms with E-state index in [2.05, 4.69) is 6.92 Å². The first-order chi connectivity index (χ1) is 14.6. The Hall–Kier alpha value is -1.20. The highest BCUT2D eigenvalue weighted by atomic mass is 19.2. The summed E-state index contributed by atoms with van der Waals surface area (Å²) in [6.45, 7) is 5.65. The fourth-order valence-corrected chi connectivity index (χ4v) is 4.80. The van der Waals surface area contributed by atoms with Crippen molar-refractivity contribution in [3.05, 3.63) is 29.3 Å². The molecule has 5 heteroatoms. The Balaban J connectivity index is 1.41. The molecule has 1 aromatic rings. The average molecular weight is 425 g/mol. The Morgan fingerprint density at radius 3 is 2.37 bits per heavy atom. The van der Waals surface area contributed by atoms with Gasteiger partial charge in [-0.1, -0.05) is 26.7 Å². The van der Waals surface area contributed by atoms with Crippen molar-refractivity contribution in [3.63, 3.8) is 0 Å². The molecule has 1 aliphatic heterocycles. The highest BCUT2D eigenvalue weighted by molar-refractivity contribution is 5.30. The maximum Gasteiger partial charge on any atom is 0.200 e. The largest absolute Gasteiger partial charge is 0.490 e. The number of unbranched alkanes of at least 4 members (excludes halogenated alkanes) is 1. The van der Waals surface area contributed by atoms with Crippen molar-refractivity contribution < 1.29 is 23.0 Å². The SMILES string of the molecule is CCCCOc1ccc(COC2CCC(C3CCC(CCC)OC3)CC2)c(F)c1F. The van der Waals surface area contributed by atoms with Crippen LogP contribution in [0.4, 0.5) is 8.78 Å². The summed E-state index contributed by atoms with van der Waals surface area (Å²) < 4.78 is 45.9. The van der Waals surface area contributed by atoms with E-state index in [9.17, 15) is 8.78 Å². The Morgan fingerprint density at radius 2 is 1.70 bits per heavy atom. The lowest BCUT2D eigenvalue weighted by molar-refractivity contribution is -0.0537. The molecule has 2 fully saturated rings. The van der Waals surface area contributed by atoms with E-state index >= 15 is 0 Å². The minimum atomic E-state index is -0.908. The molecule has 2 aliphatic rings. The molecule has 2 unspecified atom stereocenters. The van der Waals surface area contributed by atoms with Crippen LogP contribution in [0.15, 0.2) is 12.1 Å². The van der Waals surface area contributed by atoms with E-state index < -0.39 is 11.6 Å². The van der Waals surface area contributed by atoms with Crippen LogP contribution in [0.5, 0.6) is 5.75 Å². The Bertz CT molecular complexity index is 636. The Kier molecular flexibility index (Phi) is 9.38. The molecule has 3 rings (SSSR count). The topological polar surface area (TPSA) is 27.7 Å². The summed E-state index contributed by atoms with van der Waals surface area (Å²) in [5, 5.41) is 0. The molecule has 0 spiro atoms. The second-order valence-corrected chi connectivity index (χ2v) is 8.98. The van der Waals surface area contributed by atoms with Gasteiger partial charge in [0.15, 0.2) is 11.6 Å². The van der Waals surface area contributed by atoms with Crippen molar-refractivity contribution in [2.45, 2.75) is 96.9 Å². The van der Waals surface area contributed by atoms with Gasteiger partial charge in [0.2, 0.25) is 5.82 Å². The van der Waals surface area contributed by atoms with Gasteiger partial charge < -0.3 is 14.2 Å². The van der Waals surface area contributed by atoms with Crippen LogP contribution in [0, 0.1) is 23.5 Å². The molecule has 3 nitrogen and oxygen atoms in total. The molecule has 1 aliphatic carbocycles. The smallest absolute Gasteiger partial charge is 0.200 e. The maximum absolute atomic E-state index is 14.4. The highest BCUT2D eigenvalue weighted by Crippen LogP contribution is 2.37. The third-order valence-electron chi connectivity index (χ3n) is 6.76. The Morgan fingerprint density at radius 1 is 0.933 bits per heavy atom. The van der Waals surface area contributed by atoms with Gasteiger partial charge in [-0.2, -0.15) is 4.39 Å². The molecular formula is C25H38F2O3. The second-order valence-electron chi connectivity index (χ2n) is 8.98. The van der Waals surface area contributed by atoms with Crippen molar-refractivity contribution in [2.75, 3.05) is 13.2 Å². The van der Waals surface area contributed by atoms with Gasteiger partial charge in [-0.05, 0) is 75.3 Å². The highest BCUT2D eigenvalue weighted by Gasteiger charge is 2.31. The van der Waals surface area contributed by atoms with Crippen LogP contribution in [0.1, 0.15) is 83.6 Å². The Labute approximate surface area is 180 Å². The van der Waals surface area contributed by atoms with E-state index in [0.29, 0.717) is 24.5 Å². The van der Waals surface area contributed by atoms with Gasteiger partial charge in [0, 0.05) is 5.56 Å². The summed E-state index contributed by atoms with van der Waals surface area (Å²) >= 11 is 0. The minimum absolute atomic E-state index is 0.0129. The normalized spacial score (nSPS) is 27.2. The lowest BCUT2D eigenvalue weighted by atomic mass is 9.76. The molecule has 170 valence electrons. The fraction of sp³-hybridized carbons (Fsp3) is 0.760. The molecule has 30 heavy (non-hydrogen) atoms. The van der Waals surface area contributed by atoms with E-state index in [1.165, 1.54) is 31.7 Å². The third kappa shape index (κ3) is 6.40. The predicted octanol–water partition coefficient (Wildman–Crippen LogP) is 6.81. The van der Waals surface area contributed by atoms with Gasteiger partial charge in [0.25, 0.3) is 0 Å². The van der Waals surface area contributed by atoms with Crippen LogP contribution in [-0.2, 0) is 16.1 Å². The predicted molar refractivity (Wildman–Crippen MR) is 115 cm³/mol. The van der Waals surface area contributed by atoms with Crippen molar-refractivity contribution in [3.8, 4) is 5.75 Å². The quantitative estimate of drug-likeness (QED) is 0.386. The van der Waals surface area contributed by atoms with Crippen molar-refractivity contribution >= 4 is 0 Å². The summed E-state index contributed by atoms with van der Waals surface area (Å²) in [7, 11) is 0. The summed E-state index contributed by atoms with van der Waals surface area (Å²) in [5.74, 6) is -0.388. The molecule has 0 radical (unpaired) electrons. The van der Waals surface area contributed by atoms with Crippen LogP contribution in [0.2, 0.25) is 0 Å².